The van der Waals surface area contributed by atoms with Crippen LogP contribution in [0.3, 0.4) is 0 Å². The third kappa shape index (κ3) is 3.37. The zero-order valence-corrected chi connectivity index (χ0v) is 13.6. The van der Waals surface area contributed by atoms with E-state index >= 15 is 0 Å². The average Bonchev–Trinajstić information content (AvgIpc) is 2.55. The molecule has 23 heavy (non-hydrogen) atoms. The summed E-state index contributed by atoms with van der Waals surface area (Å²) < 4.78 is 11.2. The van der Waals surface area contributed by atoms with Crippen molar-refractivity contribution in [3.05, 3.63) is 54.1 Å². The molecule has 1 aliphatic rings. The number of amidine groups is 1. The summed E-state index contributed by atoms with van der Waals surface area (Å²) in [4.78, 5) is 4.61. The highest BCUT2D eigenvalue weighted by atomic mass is 16.5. The summed E-state index contributed by atoms with van der Waals surface area (Å²) in [6.45, 7) is 5.64. The van der Waals surface area contributed by atoms with Gasteiger partial charge >= 0.3 is 0 Å². The summed E-state index contributed by atoms with van der Waals surface area (Å²) in [6, 6.07) is 16.5. The second-order valence-corrected chi connectivity index (χ2v) is 5.91. The number of rotatable bonds is 4. The Morgan fingerprint density at radius 1 is 1.17 bits per heavy atom. The first-order valence-corrected chi connectivity index (χ1v) is 7.86. The van der Waals surface area contributed by atoms with E-state index in [9.17, 15) is 0 Å². The van der Waals surface area contributed by atoms with Crippen molar-refractivity contribution in [2.75, 3.05) is 19.8 Å². The van der Waals surface area contributed by atoms with Gasteiger partial charge < -0.3 is 15.2 Å². The summed E-state index contributed by atoms with van der Waals surface area (Å²) in [5.74, 6) is 1.42. The van der Waals surface area contributed by atoms with Crippen LogP contribution in [0.25, 0.3) is 11.1 Å². The first-order valence-electron chi connectivity index (χ1n) is 7.86. The van der Waals surface area contributed by atoms with E-state index in [2.05, 4.69) is 42.2 Å². The number of hydrogen-bond donors (Lipinski definition) is 1. The van der Waals surface area contributed by atoms with Crippen LogP contribution < -0.4 is 10.5 Å². The van der Waals surface area contributed by atoms with Crippen LogP contribution in [0, 0.1) is 0 Å². The number of ether oxygens (including phenoxy) is 2. The van der Waals surface area contributed by atoms with E-state index in [4.69, 9.17) is 15.2 Å². The summed E-state index contributed by atoms with van der Waals surface area (Å²) in [5.41, 5.74) is 8.77. The zero-order chi connectivity index (χ0) is 16.3. The summed E-state index contributed by atoms with van der Waals surface area (Å²) in [6.07, 6.45) is 0. The van der Waals surface area contributed by atoms with Gasteiger partial charge in [0.2, 0.25) is 0 Å². The second-order valence-electron chi connectivity index (χ2n) is 5.91. The number of aliphatic imine (C=N–C) groups is 1. The molecule has 0 aliphatic carbocycles. The molecular weight excluding hydrogens is 288 g/mol. The van der Waals surface area contributed by atoms with Crippen molar-refractivity contribution in [2.45, 2.75) is 19.4 Å². The fourth-order valence-electron chi connectivity index (χ4n) is 2.85. The number of hydrogen-bond acceptors (Lipinski definition) is 4. The van der Waals surface area contributed by atoms with Crippen LogP contribution in [0.4, 0.5) is 0 Å². The summed E-state index contributed by atoms with van der Waals surface area (Å²) >= 11 is 0. The molecule has 0 amide bonds. The Bertz CT molecular complexity index is 727. The molecule has 4 heteroatoms. The summed E-state index contributed by atoms with van der Waals surface area (Å²) in [5, 5.41) is 0. The van der Waals surface area contributed by atoms with E-state index < -0.39 is 5.54 Å². The highest BCUT2D eigenvalue weighted by Crippen LogP contribution is 2.32. The third-order valence-corrected chi connectivity index (χ3v) is 3.99. The van der Waals surface area contributed by atoms with Gasteiger partial charge in [-0.15, -0.1) is 0 Å². The lowest BCUT2D eigenvalue weighted by Crippen LogP contribution is -2.37. The van der Waals surface area contributed by atoms with E-state index in [-0.39, 0.29) is 0 Å². The smallest absolute Gasteiger partial charge is 0.121 e. The van der Waals surface area contributed by atoms with E-state index in [1.165, 1.54) is 0 Å². The molecule has 0 bridgehead atoms. The van der Waals surface area contributed by atoms with E-state index in [0.29, 0.717) is 25.7 Å². The lowest BCUT2D eigenvalue weighted by atomic mass is 9.90. The molecule has 1 atom stereocenters. The first kappa shape index (κ1) is 15.6. The standard InChI is InChI=1S/C19H22N2O2/c1-3-23-17-9-5-7-15(11-17)14-6-4-8-16(10-14)19(2)13-22-12-18(20)21-19/h4-11H,3,12-13H2,1-2H3,(H2,20,21)/t19-/m1/s1. The van der Waals surface area contributed by atoms with Crippen molar-refractivity contribution in [2.24, 2.45) is 10.7 Å². The van der Waals surface area contributed by atoms with Crippen molar-refractivity contribution in [3.63, 3.8) is 0 Å². The predicted octanol–water partition coefficient (Wildman–Crippen LogP) is 3.35. The molecule has 3 rings (SSSR count). The van der Waals surface area contributed by atoms with Crippen molar-refractivity contribution in [3.8, 4) is 16.9 Å². The molecule has 0 radical (unpaired) electrons. The van der Waals surface area contributed by atoms with Crippen molar-refractivity contribution < 1.29 is 9.47 Å². The van der Waals surface area contributed by atoms with Gasteiger partial charge in [0, 0.05) is 0 Å². The van der Waals surface area contributed by atoms with Crippen molar-refractivity contribution >= 4 is 5.84 Å². The maximum Gasteiger partial charge on any atom is 0.121 e. The van der Waals surface area contributed by atoms with Crippen LogP contribution in [-0.4, -0.2) is 25.7 Å². The molecule has 2 aromatic rings. The Kier molecular flexibility index (Phi) is 4.35. The molecule has 0 fully saturated rings. The molecule has 1 aliphatic heterocycles. The van der Waals surface area contributed by atoms with Crippen LogP contribution in [0.1, 0.15) is 19.4 Å². The van der Waals surface area contributed by atoms with Crippen LogP contribution in [0.15, 0.2) is 53.5 Å². The number of nitrogens with zero attached hydrogens (tertiary/aromatic N) is 1. The second kappa shape index (κ2) is 6.42. The first-order chi connectivity index (χ1) is 11.1. The largest absolute Gasteiger partial charge is 0.494 e. The van der Waals surface area contributed by atoms with E-state index in [0.717, 1.165) is 22.4 Å². The molecule has 2 N–H and O–H groups in total. The zero-order valence-electron chi connectivity index (χ0n) is 13.6. The van der Waals surface area contributed by atoms with Gasteiger partial charge in [-0.25, -0.2) is 0 Å². The Hall–Kier alpha value is -2.33. The highest BCUT2D eigenvalue weighted by Gasteiger charge is 2.30. The quantitative estimate of drug-likeness (QED) is 0.942. The number of benzene rings is 2. The van der Waals surface area contributed by atoms with E-state index in [1.54, 1.807) is 0 Å². The Morgan fingerprint density at radius 3 is 2.65 bits per heavy atom. The number of nitrogens with two attached hydrogens (primary N) is 1. The van der Waals surface area contributed by atoms with Gasteiger partial charge in [-0.2, -0.15) is 0 Å². The Morgan fingerprint density at radius 2 is 1.91 bits per heavy atom. The predicted molar refractivity (Wildman–Crippen MR) is 92.8 cm³/mol. The topological polar surface area (TPSA) is 56.8 Å². The maximum atomic E-state index is 5.86. The van der Waals surface area contributed by atoms with Gasteiger partial charge in [0.1, 0.15) is 23.7 Å². The lowest BCUT2D eigenvalue weighted by molar-refractivity contribution is 0.106. The minimum absolute atomic E-state index is 0.408. The Labute approximate surface area is 136 Å². The third-order valence-electron chi connectivity index (χ3n) is 3.99. The average molecular weight is 310 g/mol. The molecule has 1 heterocycles. The van der Waals surface area contributed by atoms with Crippen molar-refractivity contribution in [1.29, 1.82) is 0 Å². The molecule has 120 valence electrons. The minimum atomic E-state index is -0.435. The van der Waals surface area contributed by atoms with Crippen LogP contribution in [0.5, 0.6) is 5.75 Å². The van der Waals surface area contributed by atoms with Crippen LogP contribution in [0.2, 0.25) is 0 Å². The molecule has 0 spiro atoms. The van der Waals surface area contributed by atoms with Crippen molar-refractivity contribution in [1.82, 2.24) is 0 Å². The van der Waals surface area contributed by atoms with Crippen LogP contribution in [-0.2, 0) is 10.3 Å². The molecule has 0 saturated heterocycles. The summed E-state index contributed by atoms with van der Waals surface area (Å²) in [7, 11) is 0. The molecule has 0 unspecified atom stereocenters. The minimum Gasteiger partial charge on any atom is -0.494 e. The van der Waals surface area contributed by atoms with Gasteiger partial charge in [-0.05, 0) is 48.7 Å². The van der Waals surface area contributed by atoms with Crippen LogP contribution >= 0.6 is 0 Å². The fraction of sp³-hybridized carbons (Fsp3) is 0.316. The normalized spacial score (nSPS) is 20.9. The maximum absolute atomic E-state index is 5.86. The Balaban J connectivity index is 1.97. The monoisotopic (exact) mass is 310 g/mol. The molecule has 0 saturated carbocycles. The molecule has 4 nitrogen and oxygen atoms in total. The van der Waals surface area contributed by atoms with E-state index in [1.807, 2.05) is 25.1 Å². The lowest BCUT2D eigenvalue weighted by Gasteiger charge is -2.30. The molecule has 0 aromatic heterocycles. The highest BCUT2D eigenvalue weighted by molar-refractivity contribution is 5.82. The van der Waals surface area contributed by atoms with Gasteiger partial charge in [0.05, 0.1) is 13.2 Å². The van der Waals surface area contributed by atoms with Gasteiger partial charge in [0.15, 0.2) is 0 Å². The van der Waals surface area contributed by atoms with Gasteiger partial charge in [0.25, 0.3) is 0 Å². The SMILES string of the molecule is CCOc1cccc(-c2cccc([C@@]3(C)COCC(N)=N3)c2)c1. The van der Waals surface area contributed by atoms with Gasteiger partial charge in [-0.1, -0.05) is 30.3 Å². The fourth-order valence-corrected chi connectivity index (χ4v) is 2.85. The molecular formula is C19H22N2O2. The van der Waals surface area contributed by atoms with Gasteiger partial charge in [-0.3, -0.25) is 4.99 Å². The molecule has 2 aromatic carbocycles.